The fourth-order valence-corrected chi connectivity index (χ4v) is 1.93. The number of methoxy groups -OCH3 is 1. The van der Waals surface area contributed by atoms with Gasteiger partial charge in [0.25, 0.3) is 0 Å². The van der Waals surface area contributed by atoms with Crippen LogP contribution in [-0.2, 0) is 14.3 Å². The summed E-state index contributed by atoms with van der Waals surface area (Å²) in [6.45, 7) is 3.08. The molecule has 0 aliphatic heterocycles. The molecule has 0 saturated heterocycles. The van der Waals surface area contributed by atoms with Crippen LogP contribution in [0.5, 0.6) is 0 Å². The minimum Gasteiger partial charge on any atom is -0.463 e. The van der Waals surface area contributed by atoms with Gasteiger partial charge in [0.15, 0.2) is 0 Å². The lowest BCUT2D eigenvalue weighted by molar-refractivity contribution is -0.145. The third kappa shape index (κ3) is 15.2. The highest BCUT2D eigenvalue weighted by molar-refractivity contribution is 5.69. The summed E-state index contributed by atoms with van der Waals surface area (Å²) < 4.78 is 9.82. The van der Waals surface area contributed by atoms with Crippen LogP contribution < -0.4 is 0 Å². The van der Waals surface area contributed by atoms with Crippen molar-refractivity contribution in [2.24, 2.45) is 0 Å². The van der Waals surface area contributed by atoms with E-state index in [4.69, 9.17) is 9.47 Å². The summed E-state index contributed by atoms with van der Waals surface area (Å²) in [7, 11) is 1.60. The highest BCUT2D eigenvalue weighted by Gasteiger charge is 2.01. The zero-order valence-electron chi connectivity index (χ0n) is 13.4. The van der Waals surface area contributed by atoms with Crippen LogP contribution in [0.2, 0.25) is 0 Å². The molecule has 0 rings (SSSR count). The van der Waals surface area contributed by atoms with Crippen molar-refractivity contribution in [2.45, 2.75) is 71.1 Å². The lowest BCUT2D eigenvalue weighted by Gasteiger charge is -2.03. The van der Waals surface area contributed by atoms with Crippen LogP contribution in [0.15, 0.2) is 12.2 Å². The molecule has 0 aromatic rings. The van der Waals surface area contributed by atoms with Gasteiger partial charge in [0.1, 0.15) is 6.61 Å². The molecule has 0 amide bonds. The Hall–Kier alpha value is -0.830. The monoisotopic (exact) mass is 284 g/mol. The fraction of sp³-hybridized carbons (Fsp3) is 0.824. The van der Waals surface area contributed by atoms with Gasteiger partial charge in [0.2, 0.25) is 0 Å². The van der Waals surface area contributed by atoms with Crippen molar-refractivity contribution in [3.05, 3.63) is 12.2 Å². The van der Waals surface area contributed by atoms with Crippen LogP contribution in [0.25, 0.3) is 0 Å². The van der Waals surface area contributed by atoms with Gasteiger partial charge in [0, 0.05) is 13.5 Å². The van der Waals surface area contributed by atoms with Crippen molar-refractivity contribution in [1.82, 2.24) is 0 Å². The Kier molecular flexibility index (Phi) is 15.6. The Morgan fingerprint density at radius 1 is 0.900 bits per heavy atom. The first-order valence-electron chi connectivity index (χ1n) is 8.10. The van der Waals surface area contributed by atoms with Crippen LogP contribution in [0, 0.1) is 0 Å². The van der Waals surface area contributed by atoms with Gasteiger partial charge in [0.05, 0.1) is 6.61 Å². The smallest absolute Gasteiger partial charge is 0.305 e. The molecule has 0 aromatic heterocycles. The molecule has 0 heterocycles. The molecule has 118 valence electrons. The van der Waals surface area contributed by atoms with E-state index >= 15 is 0 Å². The molecule has 0 atom stereocenters. The van der Waals surface area contributed by atoms with Gasteiger partial charge in [-0.1, -0.05) is 51.2 Å². The van der Waals surface area contributed by atoms with Crippen LogP contribution in [0.1, 0.15) is 71.1 Å². The summed E-state index contributed by atoms with van der Waals surface area (Å²) in [5.74, 6) is -0.0964. The normalized spacial score (nSPS) is 11.1. The number of unbranched alkanes of at least 4 members (excludes halogenated alkanes) is 7. The number of rotatable bonds is 14. The lowest BCUT2D eigenvalue weighted by Crippen LogP contribution is -2.09. The minimum absolute atomic E-state index is 0.0964. The molecule has 0 fully saturated rings. The molecule has 0 unspecified atom stereocenters. The van der Waals surface area contributed by atoms with Crippen molar-refractivity contribution in [3.8, 4) is 0 Å². The van der Waals surface area contributed by atoms with Crippen LogP contribution in [0.3, 0.4) is 0 Å². The third-order valence-corrected chi connectivity index (χ3v) is 3.19. The highest BCUT2D eigenvalue weighted by Crippen LogP contribution is 2.08. The Labute approximate surface area is 124 Å². The van der Waals surface area contributed by atoms with E-state index in [2.05, 4.69) is 19.1 Å². The number of esters is 1. The van der Waals surface area contributed by atoms with E-state index in [0.717, 1.165) is 12.8 Å². The number of ether oxygens (including phenoxy) is 2. The molecule has 3 heteroatoms. The van der Waals surface area contributed by atoms with Crippen molar-refractivity contribution < 1.29 is 14.3 Å². The molecular formula is C17H32O3. The van der Waals surface area contributed by atoms with E-state index < -0.39 is 0 Å². The van der Waals surface area contributed by atoms with Crippen molar-refractivity contribution in [2.75, 3.05) is 20.3 Å². The Bertz CT molecular complexity index is 236. The average molecular weight is 284 g/mol. The Morgan fingerprint density at radius 2 is 1.55 bits per heavy atom. The Morgan fingerprint density at radius 3 is 2.25 bits per heavy atom. The maximum Gasteiger partial charge on any atom is 0.305 e. The van der Waals surface area contributed by atoms with Crippen LogP contribution >= 0.6 is 0 Å². The van der Waals surface area contributed by atoms with Gasteiger partial charge in [-0.2, -0.15) is 0 Å². The topological polar surface area (TPSA) is 35.5 Å². The maximum atomic E-state index is 11.3. The number of hydrogen-bond acceptors (Lipinski definition) is 3. The first kappa shape index (κ1) is 19.2. The molecule has 0 aliphatic carbocycles. The second-order valence-electron chi connectivity index (χ2n) is 5.13. The molecule has 3 nitrogen and oxygen atoms in total. The van der Waals surface area contributed by atoms with Gasteiger partial charge in [-0.3, -0.25) is 4.79 Å². The molecule has 20 heavy (non-hydrogen) atoms. The fourth-order valence-electron chi connectivity index (χ4n) is 1.93. The second-order valence-corrected chi connectivity index (χ2v) is 5.13. The van der Waals surface area contributed by atoms with Crippen molar-refractivity contribution in [3.63, 3.8) is 0 Å². The van der Waals surface area contributed by atoms with Gasteiger partial charge in [-0.25, -0.2) is 0 Å². The molecule has 0 aromatic carbocycles. The summed E-state index contributed by atoms with van der Waals surface area (Å²) >= 11 is 0. The maximum absolute atomic E-state index is 11.3. The van der Waals surface area contributed by atoms with E-state index in [1.165, 1.54) is 44.9 Å². The second kappa shape index (κ2) is 16.2. The van der Waals surface area contributed by atoms with Crippen LogP contribution in [-0.4, -0.2) is 26.3 Å². The van der Waals surface area contributed by atoms with Crippen LogP contribution in [0.4, 0.5) is 0 Å². The minimum atomic E-state index is -0.0964. The highest BCUT2D eigenvalue weighted by atomic mass is 16.6. The molecule has 0 radical (unpaired) electrons. The summed E-state index contributed by atoms with van der Waals surface area (Å²) in [5, 5.41) is 0. The number of allylic oxidation sites excluding steroid dienone is 2. The Balaban J connectivity index is 3.16. The summed E-state index contributed by atoms with van der Waals surface area (Å²) in [5.41, 5.74) is 0. The average Bonchev–Trinajstić information content (AvgIpc) is 2.45. The summed E-state index contributed by atoms with van der Waals surface area (Å²) in [6.07, 6.45) is 16.0. The van der Waals surface area contributed by atoms with E-state index in [1.807, 2.05) is 0 Å². The predicted molar refractivity (Wildman–Crippen MR) is 83.8 cm³/mol. The molecule has 0 saturated carbocycles. The van der Waals surface area contributed by atoms with Crippen molar-refractivity contribution >= 4 is 5.97 Å². The standard InChI is InChI=1S/C17H32O3/c1-3-4-5-6-7-8-9-10-11-12-13-14-17(18)20-16-15-19-2/h6-7H,3-5,8-16H2,1-2H3/b7-6+. The third-order valence-electron chi connectivity index (χ3n) is 3.19. The first-order valence-corrected chi connectivity index (χ1v) is 8.10. The number of carbonyl (C=O) groups excluding carboxylic acids is 1. The molecule has 0 N–H and O–H groups in total. The van der Waals surface area contributed by atoms with Gasteiger partial charge in [-0.05, 0) is 25.7 Å². The quantitative estimate of drug-likeness (QED) is 0.264. The molecule has 0 bridgehead atoms. The molecular weight excluding hydrogens is 252 g/mol. The van der Waals surface area contributed by atoms with E-state index in [0.29, 0.717) is 19.6 Å². The molecule has 0 aliphatic rings. The van der Waals surface area contributed by atoms with Gasteiger partial charge in [-0.15, -0.1) is 0 Å². The van der Waals surface area contributed by atoms with Crippen molar-refractivity contribution in [1.29, 1.82) is 0 Å². The SMILES string of the molecule is CCCC/C=C/CCCCCCCC(=O)OCCOC. The number of hydrogen-bond donors (Lipinski definition) is 0. The van der Waals surface area contributed by atoms with E-state index in [1.54, 1.807) is 7.11 Å². The molecule has 0 spiro atoms. The summed E-state index contributed by atoms with van der Waals surface area (Å²) in [4.78, 5) is 11.3. The van der Waals surface area contributed by atoms with E-state index in [9.17, 15) is 4.79 Å². The number of carbonyl (C=O) groups is 1. The zero-order valence-corrected chi connectivity index (χ0v) is 13.4. The largest absolute Gasteiger partial charge is 0.463 e. The van der Waals surface area contributed by atoms with E-state index in [-0.39, 0.29) is 5.97 Å². The summed E-state index contributed by atoms with van der Waals surface area (Å²) in [6, 6.07) is 0. The first-order chi connectivity index (χ1) is 9.81. The van der Waals surface area contributed by atoms with Gasteiger partial charge >= 0.3 is 5.97 Å². The predicted octanol–water partition coefficient (Wildman–Crippen LogP) is 4.65. The zero-order chi connectivity index (χ0) is 14.9. The van der Waals surface area contributed by atoms with Gasteiger partial charge < -0.3 is 9.47 Å². The lowest BCUT2D eigenvalue weighted by atomic mass is 10.1.